The number of benzene rings is 1. The fraction of sp³-hybridized carbons (Fsp3) is 0.500. The molecule has 0 aromatic heterocycles. The quantitative estimate of drug-likeness (QED) is 0.827. The highest BCUT2D eigenvalue weighted by Gasteiger charge is 2.34. The van der Waals surface area contributed by atoms with Crippen molar-refractivity contribution in [1.29, 1.82) is 0 Å². The molecule has 0 aliphatic rings. The number of aliphatic hydroxyl groups is 1. The number of methoxy groups -OCH3 is 2. The molecule has 0 radical (unpaired) electrons. The molecule has 0 fully saturated rings. The molecule has 4 heteroatoms. The van der Waals surface area contributed by atoms with Gasteiger partial charge in [-0.1, -0.05) is 23.7 Å². The third kappa shape index (κ3) is 2.55. The normalized spacial score (nSPS) is 15.2. The number of rotatable bonds is 4. The summed E-state index contributed by atoms with van der Waals surface area (Å²) in [5.74, 6) is 0. The van der Waals surface area contributed by atoms with Gasteiger partial charge in [0, 0.05) is 19.2 Å². The highest BCUT2D eigenvalue weighted by molar-refractivity contribution is 6.31. The van der Waals surface area contributed by atoms with Crippen LogP contribution in [0.15, 0.2) is 18.2 Å². The van der Waals surface area contributed by atoms with E-state index in [9.17, 15) is 5.11 Å². The third-order valence-electron chi connectivity index (χ3n) is 2.64. The Morgan fingerprint density at radius 1 is 1.31 bits per heavy atom. The van der Waals surface area contributed by atoms with Crippen LogP contribution in [0.4, 0.5) is 0 Å². The molecule has 0 saturated heterocycles. The van der Waals surface area contributed by atoms with Gasteiger partial charge in [-0.2, -0.15) is 0 Å². The van der Waals surface area contributed by atoms with Gasteiger partial charge in [0.15, 0.2) is 6.29 Å². The summed E-state index contributed by atoms with van der Waals surface area (Å²) < 4.78 is 10.1. The van der Waals surface area contributed by atoms with Crippen molar-refractivity contribution in [3.05, 3.63) is 34.3 Å². The smallest absolute Gasteiger partial charge is 0.189 e. The summed E-state index contributed by atoms with van der Waals surface area (Å²) >= 11 is 6.02. The Morgan fingerprint density at radius 2 is 1.88 bits per heavy atom. The van der Waals surface area contributed by atoms with E-state index in [0.717, 1.165) is 5.56 Å². The van der Waals surface area contributed by atoms with Crippen LogP contribution in [0.25, 0.3) is 0 Å². The topological polar surface area (TPSA) is 38.7 Å². The van der Waals surface area contributed by atoms with E-state index < -0.39 is 11.9 Å². The Bertz CT molecular complexity index is 359. The summed E-state index contributed by atoms with van der Waals surface area (Å²) in [5.41, 5.74) is 0.394. The monoisotopic (exact) mass is 244 g/mol. The zero-order valence-corrected chi connectivity index (χ0v) is 10.7. The van der Waals surface area contributed by atoms with Crippen molar-refractivity contribution in [2.24, 2.45) is 0 Å². The minimum atomic E-state index is -1.24. The molecule has 0 spiro atoms. The van der Waals surface area contributed by atoms with Crippen molar-refractivity contribution in [2.45, 2.75) is 25.7 Å². The summed E-state index contributed by atoms with van der Waals surface area (Å²) in [6.45, 7) is 3.54. The van der Waals surface area contributed by atoms with Crippen LogP contribution < -0.4 is 0 Å². The molecular formula is C12H17ClO3. The first kappa shape index (κ1) is 13.5. The molecule has 0 bridgehead atoms. The Labute approximate surface area is 101 Å². The second-order valence-corrected chi connectivity index (χ2v) is 4.32. The van der Waals surface area contributed by atoms with Crippen molar-refractivity contribution in [2.75, 3.05) is 14.2 Å². The fourth-order valence-electron chi connectivity index (χ4n) is 1.60. The average molecular weight is 245 g/mol. The van der Waals surface area contributed by atoms with E-state index in [-0.39, 0.29) is 0 Å². The molecule has 1 N–H and O–H groups in total. The van der Waals surface area contributed by atoms with Crippen molar-refractivity contribution in [1.82, 2.24) is 0 Å². The maximum absolute atomic E-state index is 10.4. The highest BCUT2D eigenvalue weighted by atomic mass is 35.5. The summed E-state index contributed by atoms with van der Waals surface area (Å²) in [7, 11) is 2.97. The van der Waals surface area contributed by atoms with E-state index in [1.54, 1.807) is 13.0 Å². The molecule has 0 amide bonds. The van der Waals surface area contributed by atoms with Crippen molar-refractivity contribution < 1.29 is 14.6 Å². The van der Waals surface area contributed by atoms with Crippen LogP contribution in [0.2, 0.25) is 5.02 Å². The number of hydrogen-bond acceptors (Lipinski definition) is 3. The molecule has 1 aromatic carbocycles. The molecule has 0 aliphatic carbocycles. The van der Waals surface area contributed by atoms with Crippen LogP contribution >= 0.6 is 11.6 Å². The molecule has 3 nitrogen and oxygen atoms in total. The van der Waals surface area contributed by atoms with E-state index in [1.165, 1.54) is 14.2 Å². The van der Waals surface area contributed by atoms with Gasteiger partial charge in [0.2, 0.25) is 0 Å². The van der Waals surface area contributed by atoms with Crippen LogP contribution in [-0.4, -0.2) is 25.6 Å². The molecule has 16 heavy (non-hydrogen) atoms. The zero-order valence-electron chi connectivity index (χ0n) is 9.95. The number of halogens is 1. The van der Waals surface area contributed by atoms with Gasteiger partial charge in [-0.15, -0.1) is 0 Å². The first-order valence-electron chi connectivity index (χ1n) is 4.98. The van der Waals surface area contributed by atoms with Crippen LogP contribution in [0.5, 0.6) is 0 Å². The molecular weight excluding hydrogens is 228 g/mol. The standard InChI is InChI=1S/C12H17ClO3/c1-8-5-6-9(7-10(8)13)12(2,14)11(15-3)16-4/h5-7,11,14H,1-4H3. The molecule has 0 aliphatic heterocycles. The van der Waals surface area contributed by atoms with Crippen LogP contribution in [0, 0.1) is 6.92 Å². The molecule has 0 heterocycles. The predicted molar refractivity (Wildman–Crippen MR) is 63.6 cm³/mol. The van der Waals surface area contributed by atoms with E-state index in [0.29, 0.717) is 10.6 Å². The SMILES string of the molecule is COC(OC)C(C)(O)c1ccc(C)c(Cl)c1. The van der Waals surface area contributed by atoms with Crippen LogP contribution in [0.3, 0.4) is 0 Å². The van der Waals surface area contributed by atoms with Gasteiger partial charge < -0.3 is 14.6 Å². The minimum absolute atomic E-state index is 0.615. The summed E-state index contributed by atoms with van der Waals surface area (Å²) in [6, 6.07) is 5.39. The first-order chi connectivity index (χ1) is 7.43. The van der Waals surface area contributed by atoms with Crippen molar-refractivity contribution >= 4 is 11.6 Å². The largest absolute Gasteiger partial charge is 0.380 e. The molecule has 0 saturated carbocycles. The molecule has 1 unspecified atom stereocenters. The third-order valence-corrected chi connectivity index (χ3v) is 3.05. The van der Waals surface area contributed by atoms with Gasteiger partial charge in [-0.25, -0.2) is 0 Å². The molecule has 1 rings (SSSR count). The number of aryl methyl sites for hydroxylation is 1. The van der Waals surface area contributed by atoms with Gasteiger partial charge in [0.05, 0.1) is 0 Å². The maximum Gasteiger partial charge on any atom is 0.189 e. The van der Waals surface area contributed by atoms with E-state index in [4.69, 9.17) is 21.1 Å². The lowest BCUT2D eigenvalue weighted by Crippen LogP contribution is -2.39. The van der Waals surface area contributed by atoms with Gasteiger partial charge in [0.25, 0.3) is 0 Å². The second-order valence-electron chi connectivity index (χ2n) is 3.91. The van der Waals surface area contributed by atoms with Gasteiger partial charge in [0.1, 0.15) is 5.60 Å². The first-order valence-corrected chi connectivity index (χ1v) is 5.36. The fourth-order valence-corrected chi connectivity index (χ4v) is 1.78. The molecule has 1 atom stereocenters. The maximum atomic E-state index is 10.4. The Hall–Kier alpha value is -0.610. The predicted octanol–water partition coefficient (Wildman–Crippen LogP) is 2.47. The average Bonchev–Trinajstić information content (AvgIpc) is 2.23. The van der Waals surface area contributed by atoms with E-state index in [2.05, 4.69) is 0 Å². The zero-order chi connectivity index (χ0) is 12.3. The lowest BCUT2D eigenvalue weighted by atomic mass is 9.94. The Kier molecular flexibility index (Phi) is 4.33. The molecule has 1 aromatic rings. The van der Waals surface area contributed by atoms with Crippen LogP contribution in [-0.2, 0) is 15.1 Å². The summed E-state index contributed by atoms with van der Waals surface area (Å²) in [6.07, 6.45) is -0.730. The van der Waals surface area contributed by atoms with Gasteiger partial charge in [-0.05, 0) is 31.0 Å². The van der Waals surface area contributed by atoms with Crippen molar-refractivity contribution in [3.63, 3.8) is 0 Å². The second kappa shape index (κ2) is 5.15. The Balaban J connectivity index is 3.10. The summed E-state index contributed by atoms with van der Waals surface area (Å²) in [5, 5.41) is 11.0. The lowest BCUT2D eigenvalue weighted by Gasteiger charge is -2.31. The van der Waals surface area contributed by atoms with Gasteiger partial charge >= 0.3 is 0 Å². The molecule has 90 valence electrons. The van der Waals surface area contributed by atoms with E-state index >= 15 is 0 Å². The number of ether oxygens (including phenoxy) is 2. The highest BCUT2D eigenvalue weighted by Crippen LogP contribution is 2.29. The summed E-state index contributed by atoms with van der Waals surface area (Å²) in [4.78, 5) is 0. The minimum Gasteiger partial charge on any atom is -0.380 e. The lowest BCUT2D eigenvalue weighted by molar-refractivity contribution is -0.213. The Morgan fingerprint density at radius 3 is 2.31 bits per heavy atom. The van der Waals surface area contributed by atoms with Crippen LogP contribution in [0.1, 0.15) is 18.1 Å². The number of hydrogen-bond donors (Lipinski definition) is 1. The van der Waals surface area contributed by atoms with E-state index in [1.807, 2.05) is 19.1 Å². The van der Waals surface area contributed by atoms with Crippen molar-refractivity contribution in [3.8, 4) is 0 Å². The van der Waals surface area contributed by atoms with Gasteiger partial charge in [-0.3, -0.25) is 0 Å².